The van der Waals surface area contributed by atoms with Crippen LogP contribution in [0, 0.1) is 0 Å². The van der Waals surface area contributed by atoms with E-state index in [-0.39, 0.29) is 5.91 Å². The lowest BCUT2D eigenvalue weighted by atomic mass is 10.1. The summed E-state index contributed by atoms with van der Waals surface area (Å²) in [5, 5.41) is 11.3. The number of nitrogens with zero attached hydrogens (tertiary/aromatic N) is 8. The molecule has 0 aliphatic carbocycles. The molecule has 1 fully saturated rings. The van der Waals surface area contributed by atoms with Gasteiger partial charge in [-0.15, -0.1) is 0 Å². The Morgan fingerprint density at radius 1 is 0.889 bits per heavy atom. The monoisotopic (exact) mass is 491 g/mol. The number of rotatable bonds is 7. The summed E-state index contributed by atoms with van der Waals surface area (Å²) in [7, 11) is 4.65. The molecule has 13 nitrogen and oxygen atoms in total. The van der Waals surface area contributed by atoms with E-state index in [9.17, 15) is 4.79 Å². The molecular weight excluding hydrogens is 466 g/mol. The van der Waals surface area contributed by atoms with Crippen LogP contribution in [0.2, 0.25) is 0 Å². The first-order valence-corrected chi connectivity index (χ1v) is 11.2. The van der Waals surface area contributed by atoms with Crippen LogP contribution in [0.5, 0.6) is 17.2 Å². The number of hydrogen-bond donors (Lipinski definition) is 1. The molecule has 1 aliphatic heterocycles. The molecule has 0 spiro atoms. The molecule has 13 heteroatoms. The first-order valence-electron chi connectivity index (χ1n) is 11.2. The fourth-order valence-corrected chi connectivity index (χ4v) is 4.08. The van der Waals surface area contributed by atoms with Crippen molar-refractivity contribution in [1.29, 1.82) is 0 Å². The number of nitrogens with one attached hydrogen (secondary N) is 1. The first-order chi connectivity index (χ1) is 17.6. The van der Waals surface area contributed by atoms with Crippen molar-refractivity contribution in [2.75, 3.05) is 52.4 Å². The van der Waals surface area contributed by atoms with Crippen molar-refractivity contribution >= 4 is 11.7 Å². The largest absolute Gasteiger partial charge is 0.493 e. The van der Waals surface area contributed by atoms with Crippen LogP contribution in [-0.4, -0.2) is 93.2 Å². The van der Waals surface area contributed by atoms with E-state index in [1.165, 1.54) is 12.7 Å². The Bertz CT molecular complexity index is 1320. The van der Waals surface area contributed by atoms with Crippen LogP contribution in [0.4, 0.5) is 5.82 Å². The average molecular weight is 492 g/mol. The number of anilines is 1. The molecule has 3 aromatic heterocycles. The van der Waals surface area contributed by atoms with Crippen LogP contribution < -0.4 is 19.1 Å². The SMILES string of the molecule is COc1cc(-c2cc(C(=O)N3CCN(c4cc(-n5cncn5)ncn4)CC3)[nH]n2)cc(OC)c1OC. The average Bonchev–Trinajstić information content (AvgIpc) is 3.65. The number of amides is 1. The van der Waals surface area contributed by atoms with Crippen molar-refractivity contribution < 1.29 is 19.0 Å². The zero-order chi connectivity index (χ0) is 25.1. The molecule has 186 valence electrons. The lowest BCUT2D eigenvalue weighted by Gasteiger charge is -2.35. The van der Waals surface area contributed by atoms with E-state index in [0.29, 0.717) is 60.6 Å². The standard InChI is InChI=1S/C23H25N9O4/c1-34-18-8-15(9-19(35-2)22(18)36-3)16-10-17(29-28-16)23(33)31-6-4-30(5-7-31)20-11-21(26-13-25-20)32-14-24-12-27-32/h8-14H,4-7H2,1-3H3,(H,28,29). The summed E-state index contributed by atoms with van der Waals surface area (Å²) in [6.45, 7) is 2.35. The molecule has 1 N–H and O–H groups in total. The third-order valence-electron chi connectivity index (χ3n) is 5.95. The molecule has 36 heavy (non-hydrogen) atoms. The summed E-state index contributed by atoms with van der Waals surface area (Å²) < 4.78 is 17.8. The summed E-state index contributed by atoms with van der Waals surface area (Å²) >= 11 is 0. The lowest BCUT2D eigenvalue weighted by Crippen LogP contribution is -2.49. The Hall–Kier alpha value is -4.68. The number of H-pyrrole nitrogens is 1. The number of methoxy groups -OCH3 is 3. The fourth-order valence-electron chi connectivity index (χ4n) is 4.08. The van der Waals surface area contributed by atoms with Crippen molar-refractivity contribution in [2.45, 2.75) is 0 Å². The summed E-state index contributed by atoms with van der Waals surface area (Å²) in [5.41, 5.74) is 1.73. The maximum atomic E-state index is 13.2. The highest BCUT2D eigenvalue weighted by molar-refractivity contribution is 5.93. The number of ether oxygens (including phenoxy) is 3. The van der Waals surface area contributed by atoms with Crippen LogP contribution in [0.15, 0.2) is 43.2 Å². The van der Waals surface area contributed by atoms with Gasteiger partial charge in [-0.3, -0.25) is 9.89 Å². The van der Waals surface area contributed by atoms with Crippen molar-refractivity contribution in [3.8, 4) is 34.3 Å². The second kappa shape index (κ2) is 9.90. The minimum absolute atomic E-state index is 0.119. The number of carbonyl (C=O) groups is 1. The maximum absolute atomic E-state index is 13.2. The van der Waals surface area contributed by atoms with E-state index in [2.05, 4.69) is 35.1 Å². The Balaban J connectivity index is 1.27. The summed E-state index contributed by atoms with van der Waals surface area (Å²) in [4.78, 5) is 29.6. The van der Waals surface area contributed by atoms with Gasteiger partial charge in [-0.05, 0) is 18.2 Å². The lowest BCUT2D eigenvalue weighted by molar-refractivity contribution is 0.0740. The molecule has 0 radical (unpaired) electrons. The molecule has 0 bridgehead atoms. The third-order valence-corrected chi connectivity index (χ3v) is 5.95. The van der Waals surface area contributed by atoms with Crippen LogP contribution in [-0.2, 0) is 0 Å². The van der Waals surface area contributed by atoms with Crippen molar-refractivity contribution in [2.24, 2.45) is 0 Å². The third kappa shape index (κ3) is 4.37. The number of aromatic nitrogens is 7. The van der Waals surface area contributed by atoms with Crippen molar-refractivity contribution in [1.82, 2.24) is 39.8 Å². The normalized spacial score (nSPS) is 13.5. The predicted octanol–water partition coefficient (Wildman–Crippen LogP) is 1.44. The molecule has 1 saturated heterocycles. The van der Waals surface area contributed by atoms with Gasteiger partial charge in [0.25, 0.3) is 5.91 Å². The van der Waals surface area contributed by atoms with Crippen LogP contribution in [0.1, 0.15) is 10.5 Å². The van der Waals surface area contributed by atoms with Crippen molar-refractivity contribution in [3.05, 3.63) is 48.9 Å². The van der Waals surface area contributed by atoms with Gasteiger partial charge in [0.05, 0.1) is 27.0 Å². The van der Waals surface area contributed by atoms with Gasteiger partial charge >= 0.3 is 0 Å². The van der Waals surface area contributed by atoms with E-state index in [0.717, 1.165) is 11.4 Å². The maximum Gasteiger partial charge on any atom is 0.272 e. The van der Waals surface area contributed by atoms with Gasteiger partial charge < -0.3 is 24.0 Å². The van der Waals surface area contributed by atoms with Gasteiger partial charge in [0.2, 0.25) is 5.75 Å². The second-order valence-corrected chi connectivity index (χ2v) is 7.93. The number of hydrogen-bond acceptors (Lipinski definition) is 10. The van der Waals surface area contributed by atoms with E-state index >= 15 is 0 Å². The molecule has 1 amide bonds. The van der Waals surface area contributed by atoms with Gasteiger partial charge in [0, 0.05) is 37.8 Å². The molecular formula is C23H25N9O4. The Morgan fingerprint density at radius 2 is 1.61 bits per heavy atom. The zero-order valence-electron chi connectivity index (χ0n) is 20.1. The van der Waals surface area contributed by atoms with Gasteiger partial charge in [-0.2, -0.15) is 10.2 Å². The molecule has 0 atom stereocenters. The molecule has 4 heterocycles. The van der Waals surface area contributed by atoms with Gasteiger partial charge in [-0.25, -0.2) is 19.6 Å². The molecule has 0 unspecified atom stereocenters. The summed E-state index contributed by atoms with van der Waals surface area (Å²) in [6, 6.07) is 7.16. The molecule has 0 saturated carbocycles. The number of carbonyl (C=O) groups excluding carboxylic acids is 1. The number of aromatic amines is 1. The van der Waals surface area contributed by atoms with Gasteiger partial charge in [0.15, 0.2) is 17.3 Å². The van der Waals surface area contributed by atoms with E-state index < -0.39 is 0 Å². The van der Waals surface area contributed by atoms with Crippen LogP contribution >= 0.6 is 0 Å². The zero-order valence-corrected chi connectivity index (χ0v) is 20.1. The molecule has 5 rings (SSSR count). The van der Waals surface area contributed by atoms with E-state index in [1.807, 2.05) is 6.07 Å². The summed E-state index contributed by atoms with van der Waals surface area (Å²) in [6.07, 6.45) is 4.54. The fraction of sp³-hybridized carbons (Fsp3) is 0.304. The number of piperazine rings is 1. The second-order valence-electron chi connectivity index (χ2n) is 7.93. The van der Waals surface area contributed by atoms with Crippen molar-refractivity contribution in [3.63, 3.8) is 0 Å². The van der Waals surface area contributed by atoms with E-state index in [4.69, 9.17) is 14.2 Å². The topological polar surface area (TPSA) is 136 Å². The Morgan fingerprint density at radius 3 is 2.25 bits per heavy atom. The minimum Gasteiger partial charge on any atom is -0.493 e. The molecule has 4 aromatic rings. The van der Waals surface area contributed by atoms with Gasteiger partial charge in [0.1, 0.15) is 30.5 Å². The van der Waals surface area contributed by atoms with Gasteiger partial charge in [-0.1, -0.05) is 0 Å². The van der Waals surface area contributed by atoms with Crippen LogP contribution in [0.3, 0.4) is 0 Å². The summed E-state index contributed by atoms with van der Waals surface area (Å²) in [5.74, 6) is 2.80. The highest BCUT2D eigenvalue weighted by atomic mass is 16.5. The Labute approximate surface area is 206 Å². The Kier molecular flexibility index (Phi) is 6.34. The molecule has 1 aliphatic rings. The smallest absolute Gasteiger partial charge is 0.272 e. The van der Waals surface area contributed by atoms with E-state index in [1.54, 1.807) is 55.4 Å². The quantitative estimate of drug-likeness (QED) is 0.404. The highest BCUT2D eigenvalue weighted by Crippen LogP contribution is 2.40. The van der Waals surface area contributed by atoms with Crippen LogP contribution in [0.25, 0.3) is 17.1 Å². The predicted molar refractivity (Wildman–Crippen MR) is 129 cm³/mol. The number of benzene rings is 1. The first kappa shape index (κ1) is 23.1. The highest BCUT2D eigenvalue weighted by Gasteiger charge is 2.25. The minimum atomic E-state index is -0.119. The molecule has 1 aromatic carbocycles.